The molecular weight excluding hydrogens is 456 g/mol. The zero-order chi connectivity index (χ0) is 23.7. The standard InChI is InChI=1S/2C6H6O3S.C5H5N.C4H9NO/c2*7-10(8,9)6-4-2-1-3-5-6;1-2-4-6-5-3-1;1-3-6-4-2-5-1/h2*1-5H,(H,7,8,9);1-5H;5H,1-4H2. The fourth-order valence-electron chi connectivity index (χ4n) is 2.10. The van der Waals surface area contributed by atoms with Crippen molar-refractivity contribution in [2.75, 3.05) is 26.3 Å². The molecule has 2 heterocycles. The molecule has 4 rings (SSSR count). The number of pyridine rings is 1. The van der Waals surface area contributed by atoms with Gasteiger partial charge in [0, 0.05) is 12.1 Å². The number of nitrogens with two attached hydrogens (primary N) is 1. The quantitative estimate of drug-likeness (QED) is 0.514. The van der Waals surface area contributed by atoms with Crippen LogP contribution in [-0.4, -0.2) is 52.2 Å². The second-order valence-electron chi connectivity index (χ2n) is 6.09. The zero-order valence-electron chi connectivity index (χ0n) is 17.2. The van der Waals surface area contributed by atoms with E-state index >= 15 is 0 Å². The van der Waals surface area contributed by atoms with Gasteiger partial charge in [-0.25, -0.2) is 21.8 Å². The Balaban J connectivity index is 0.000000219. The van der Waals surface area contributed by atoms with Crippen molar-refractivity contribution >= 4 is 20.2 Å². The van der Waals surface area contributed by atoms with E-state index in [1.54, 1.807) is 12.1 Å². The molecule has 32 heavy (non-hydrogen) atoms. The van der Waals surface area contributed by atoms with Crippen molar-refractivity contribution in [3.8, 4) is 0 Å². The molecule has 1 aliphatic rings. The summed E-state index contributed by atoms with van der Waals surface area (Å²) in [5.41, 5.74) is 0. The first-order chi connectivity index (χ1) is 15.2. The lowest BCUT2D eigenvalue weighted by molar-refractivity contribution is -0.670. The molecule has 1 aromatic heterocycles. The highest BCUT2D eigenvalue weighted by Crippen LogP contribution is 2.05. The lowest BCUT2D eigenvalue weighted by atomic mass is 10.4. The van der Waals surface area contributed by atoms with Crippen LogP contribution >= 0.6 is 0 Å². The summed E-state index contributed by atoms with van der Waals surface area (Å²) in [6, 6.07) is 20.2. The summed E-state index contributed by atoms with van der Waals surface area (Å²) in [7, 11) is -8.51. The van der Waals surface area contributed by atoms with Crippen molar-refractivity contribution in [3.05, 3.63) is 91.3 Å². The summed E-state index contributed by atoms with van der Waals surface area (Å²) in [6.45, 7) is 4.19. The normalized spacial score (nSPS) is 13.1. The van der Waals surface area contributed by atoms with E-state index in [9.17, 15) is 25.9 Å². The second kappa shape index (κ2) is 15.2. The van der Waals surface area contributed by atoms with Crippen LogP contribution in [-0.2, 0) is 25.0 Å². The second-order valence-corrected chi connectivity index (χ2v) is 8.85. The van der Waals surface area contributed by atoms with Crippen molar-refractivity contribution in [1.82, 2.24) is 0 Å². The van der Waals surface area contributed by atoms with Crippen molar-refractivity contribution < 1.29 is 41.0 Å². The van der Waals surface area contributed by atoms with Crippen LogP contribution in [0.15, 0.2) is 101 Å². The van der Waals surface area contributed by atoms with Crippen LogP contribution in [0.1, 0.15) is 0 Å². The largest absolute Gasteiger partial charge is 0.744 e. The number of quaternary nitrogens is 1. The predicted octanol–water partition coefficient (Wildman–Crippen LogP) is 0.262. The van der Waals surface area contributed by atoms with E-state index in [0.717, 1.165) is 26.3 Å². The van der Waals surface area contributed by atoms with Crippen LogP contribution in [0.2, 0.25) is 0 Å². The Morgan fingerprint density at radius 2 is 1.03 bits per heavy atom. The molecule has 0 atom stereocenters. The van der Waals surface area contributed by atoms with E-state index in [2.05, 4.69) is 10.3 Å². The van der Waals surface area contributed by atoms with Gasteiger partial charge >= 0.3 is 0 Å². The highest BCUT2D eigenvalue weighted by Gasteiger charge is 1.97. The first-order valence-corrected chi connectivity index (χ1v) is 12.4. The first kappa shape index (κ1) is 27.4. The summed E-state index contributed by atoms with van der Waals surface area (Å²) in [5.74, 6) is 0. The van der Waals surface area contributed by atoms with Crippen molar-refractivity contribution in [1.29, 1.82) is 0 Å². The van der Waals surface area contributed by atoms with Crippen LogP contribution in [0.25, 0.3) is 0 Å². The van der Waals surface area contributed by atoms with Gasteiger partial charge in [-0.1, -0.05) is 42.5 Å². The van der Waals surface area contributed by atoms with E-state index in [1.807, 2.05) is 30.6 Å². The third-order valence-electron chi connectivity index (χ3n) is 3.60. The maximum atomic E-state index is 10.3. The Morgan fingerprint density at radius 1 is 0.656 bits per heavy atom. The number of aromatic amines is 1. The van der Waals surface area contributed by atoms with Gasteiger partial charge in [0.2, 0.25) is 0 Å². The molecule has 1 saturated heterocycles. The smallest absolute Gasteiger partial charge is 0.166 e. The van der Waals surface area contributed by atoms with Crippen molar-refractivity contribution in [2.24, 2.45) is 0 Å². The van der Waals surface area contributed by atoms with Gasteiger partial charge in [0.05, 0.1) is 36.1 Å². The van der Waals surface area contributed by atoms with Crippen LogP contribution in [0.4, 0.5) is 0 Å². The lowest BCUT2D eigenvalue weighted by Crippen LogP contribution is -2.87. The van der Waals surface area contributed by atoms with E-state index in [1.165, 1.54) is 48.5 Å². The van der Waals surface area contributed by atoms with Gasteiger partial charge in [-0.05, 0) is 24.3 Å². The van der Waals surface area contributed by atoms with Gasteiger partial charge in [-0.2, -0.15) is 0 Å². The molecule has 0 radical (unpaired) electrons. The molecule has 0 saturated carbocycles. The maximum Gasteiger partial charge on any atom is 0.166 e. The lowest BCUT2D eigenvalue weighted by Gasteiger charge is -2.07. The molecule has 2 aromatic carbocycles. The monoisotopic (exact) mass is 482 g/mol. The van der Waals surface area contributed by atoms with Crippen LogP contribution in [0, 0.1) is 0 Å². The van der Waals surface area contributed by atoms with Crippen LogP contribution in [0.5, 0.6) is 0 Å². The summed E-state index contributed by atoms with van der Waals surface area (Å²) in [5, 5.41) is 2.27. The van der Waals surface area contributed by atoms with E-state index < -0.39 is 20.2 Å². The molecule has 1 aliphatic heterocycles. The predicted molar refractivity (Wildman–Crippen MR) is 114 cm³/mol. The molecule has 0 spiro atoms. The Hall–Kier alpha value is -2.67. The van der Waals surface area contributed by atoms with Gasteiger partial charge in [-0.15, -0.1) is 0 Å². The fraction of sp³-hybridized carbons (Fsp3) is 0.190. The molecule has 0 amide bonds. The zero-order valence-corrected chi connectivity index (χ0v) is 18.9. The minimum Gasteiger partial charge on any atom is -0.744 e. The number of nitrogens with one attached hydrogen (secondary N) is 1. The molecule has 3 aromatic rings. The molecule has 174 valence electrons. The SMILES string of the molecule is C1COCC[NH2+]1.O=S(=O)([O-])c1ccccc1.O=S(=O)([O-])c1ccccc1.c1cc[nH+]cc1. The molecule has 1 fully saturated rings. The molecule has 11 heteroatoms. The van der Waals surface area contributed by atoms with E-state index in [4.69, 9.17) is 4.74 Å². The number of ether oxygens (including phenoxy) is 1. The van der Waals surface area contributed by atoms with Gasteiger partial charge < -0.3 is 19.2 Å². The Kier molecular flexibility index (Phi) is 13.0. The molecule has 9 nitrogen and oxygen atoms in total. The average molecular weight is 483 g/mol. The highest BCUT2D eigenvalue weighted by atomic mass is 32.2. The van der Waals surface area contributed by atoms with Gasteiger partial charge in [0.1, 0.15) is 20.2 Å². The molecular formula is C21H26N2O7S2. The van der Waals surface area contributed by atoms with E-state index in [0.29, 0.717) is 0 Å². The summed E-state index contributed by atoms with van der Waals surface area (Å²) in [4.78, 5) is 2.52. The van der Waals surface area contributed by atoms with E-state index in [-0.39, 0.29) is 9.79 Å². The molecule has 0 unspecified atom stereocenters. The fourth-order valence-corrected chi connectivity index (χ4v) is 3.08. The summed E-state index contributed by atoms with van der Waals surface area (Å²) < 4.78 is 66.7. The number of benzene rings is 2. The third-order valence-corrected chi connectivity index (χ3v) is 5.30. The minimum absolute atomic E-state index is 0.185. The van der Waals surface area contributed by atoms with Crippen LogP contribution < -0.4 is 10.3 Å². The van der Waals surface area contributed by atoms with Gasteiger partial charge in [-0.3, -0.25) is 0 Å². The van der Waals surface area contributed by atoms with Crippen LogP contribution in [0.3, 0.4) is 0 Å². The Bertz CT molecular complexity index is 955. The molecule has 0 aliphatic carbocycles. The number of morpholine rings is 1. The van der Waals surface area contributed by atoms with Crippen molar-refractivity contribution in [2.45, 2.75) is 9.79 Å². The summed E-state index contributed by atoms with van der Waals surface area (Å²) >= 11 is 0. The number of hydrogen-bond acceptors (Lipinski definition) is 7. The average Bonchev–Trinajstić information content (AvgIpc) is 2.83. The van der Waals surface area contributed by atoms with Gasteiger partial charge in [0.25, 0.3) is 0 Å². The third kappa shape index (κ3) is 13.6. The Labute approximate surface area is 188 Å². The van der Waals surface area contributed by atoms with Crippen molar-refractivity contribution in [3.63, 3.8) is 0 Å². The maximum absolute atomic E-state index is 10.3. The summed E-state index contributed by atoms with van der Waals surface area (Å²) in [6.07, 6.45) is 3.75. The highest BCUT2D eigenvalue weighted by molar-refractivity contribution is 7.86. The number of hydrogen-bond donors (Lipinski definition) is 1. The minimum atomic E-state index is -4.25. The molecule has 0 bridgehead atoms. The Morgan fingerprint density at radius 3 is 1.19 bits per heavy atom. The number of H-pyrrole nitrogens is 1. The van der Waals surface area contributed by atoms with Gasteiger partial charge in [0.15, 0.2) is 12.4 Å². The first-order valence-electron chi connectivity index (χ1n) is 9.53. The number of rotatable bonds is 2. The molecule has 3 N–H and O–H groups in total. The topological polar surface area (TPSA) is 154 Å². The number of aromatic nitrogens is 1.